The summed E-state index contributed by atoms with van der Waals surface area (Å²) < 4.78 is 12.6. The molecule has 0 bridgehead atoms. The van der Waals surface area contributed by atoms with Gasteiger partial charge in [0.1, 0.15) is 12.0 Å². The van der Waals surface area contributed by atoms with Gasteiger partial charge in [0.25, 0.3) is 0 Å². The Hall–Kier alpha value is -1.12. The fourth-order valence-electron chi connectivity index (χ4n) is 1.16. The first kappa shape index (κ1) is 8.97. The van der Waals surface area contributed by atoms with Gasteiger partial charge in [-0.15, -0.1) is 0 Å². The summed E-state index contributed by atoms with van der Waals surface area (Å²) in [5.41, 5.74) is 7.25. The van der Waals surface area contributed by atoms with Crippen LogP contribution in [0.3, 0.4) is 0 Å². The first-order valence-corrected chi connectivity index (χ1v) is 3.95. The third-order valence-corrected chi connectivity index (χ3v) is 1.53. The first-order valence-electron chi connectivity index (χ1n) is 3.95. The molecule has 0 aromatic carbocycles. The summed E-state index contributed by atoms with van der Waals surface area (Å²) in [5.74, 6) is 0.464. The molecule has 0 fully saturated rings. The zero-order chi connectivity index (χ0) is 9.14. The first-order chi connectivity index (χ1) is 5.58. The average molecular weight is 167 g/mol. The van der Waals surface area contributed by atoms with Crippen LogP contribution in [0.25, 0.3) is 0 Å². The molecule has 1 aromatic heterocycles. The Balaban J connectivity index is 2.85. The zero-order valence-electron chi connectivity index (χ0n) is 7.34. The van der Waals surface area contributed by atoms with Gasteiger partial charge >= 0.3 is 0 Å². The summed E-state index contributed by atoms with van der Waals surface area (Å²) in [6, 6.07) is 3.62. The molecule has 1 atom stereocenters. The molecular weight excluding hydrogens is 154 g/mol. The van der Waals surface area contributed by atoms with Crippen LogP contribution in [0.2, 0.25) is 0 Å². The minimum atomic E-state index is -0.862. The van der Waals surface area contributed by atoms with Crippen molar-refractivity contribution in [2.45, 2.75) is 26.4 Å². The zero-order valence-corrected chi connectivity index (χ0v) is 7.34. The lowest BCUT2D eigenvalue weighted by atomic mass is 10.1. The molecule has 1 heterocycles. The molecule has 0 amide bonds. The maximum Gasteiger partial charge on any atom is 0.123 e. The van der Waals surface area contributed by atoms with Crippen LogP contribution in [-0.2, 0) is 6.42 Å². The van der Waals surface area contributed by atoms with E-state index >= 15 is 0 Å². The Morgan fingerprint density at radius 1 is 1.58 bits per heavy atom. The second-order valence-corrected chi connectivity index (χ2v) is 3.05. The standard InChI is InChI=1S/C9H13FN2/c1-6-3-8(5-7(2)10)12-9(11)4-6/h3-4,7H,5H2,1-2H3,(H2,11,12)/i10-1. The monoisotopic (exact) mass is 167 g/mol. The number of rotatable bonds is 2. The Morgan fingerprint density at radius 2 is 2.25 bits per heavy atom. The molecule has 0 aliphatic carbocycles. The van der Waals surface area contributed by atoms with E-state index in [0.29, 0.717) is 12.2 Å². The number of aromatic nitrogens is 1. The maximum atomic E-state index is 12.6. The van der Waals surface area contributed by atoms with Crippen molar-refractivity contribution in [2.75, 3.05) is 5.73 Å². The van der Waals surface area contributed by atoms with Crippen LogP contribution in [0.5, 0.6) is 0 Å². The van der Waals surface area contributed by atoms with Crippen LogP contribution in [0, 0.1) is 6.92 Å². The largest absolute Gasteiger partial charge is 0.384 e. The van der Waals surface area contributed by atoms with Gasteiger partial charge in [-0.05, 0) is 31.5 Å². The minimum Gasteiger partial charge on any atom is -0.384 e. The third kappa shape index (κ3) is 2.49. The van der Waals surface area contributed by atoms with Crippen LogP contribution in [0.1, 0.15) is 18.2 Å². The van der Waals surface area contributed by atoms with Crippen molar-refractivity contribution in [1.82, 2.24) is 4.98 Å². The van der Waals surface area contributed by atoms with Crippen LogP contribution in [-0.4, -0.2) is 11.2 Å². The molecule has 66 valence electrons. The molecule has 2 nitrogen and oxygen atoms in total. The summed E-state index contributed by atoms with van der Waals surface area (Å²) in [6.07, 6.45) is -0.523. The van der Waals surface area contributed by atoms with Gasteiger partial charge in [-0.25, -0.2) is 9.37 Å². The number of aryl methyl sites for hydroxylation is 1. The van der Waals surface area contributed by atoms with E-state index in [-0.39, 0.29) is 0 Å². The Labute approximate surface area is 71.6 Å². The van der Waals surface area contributed by atoms with Crippen molar-refractivity contribution < 1.29 is 4.39 Å². The van der Waals surface area contributed by atoms with Crippen molar-refractivity contribution >= 4 is 5.82 Å². The van der Waals surface area contributed by atoms with E-state index in [0.717, 1.165) is 11.3 Å². The van der Waals surface area contributed by atoms with E-state index in [1.165, 1.54) is 6.92 Å². The molecule has 3 heteroatoms. The SMILES string of the molecule is Cc1cc(N)nc(CC(C)[18F])c1. The van der Waals surface area contributed by atoms with Gasteiger partial charge in [-0.1, -0.05) is 0 Å². The molecule has 0 radical (unpaired) electrons. The highest BCUT2D eigenvalue weighted by molar-refractivity contribution is 5.34. The molecule has 1 aromatic rings. The number of halogens is 1. The average Bonchev–Trinajstić information content (AvgIpc) is 1.81. The number of nitrogens with zero attached hydrogens (tertiary/aromatic N) is 1. The summed E-state index contributed by atoms with van der Waals surface area (Å²) in [6.45, 7) is 3.44. The molecule has 0 saturated carbocycles. The number of nitrogens with two attached hydrogens (primary N) is 1. The number of hydrogen-bond donors (Lipinski definition) is 1. The lowest BCUT2D eigenvalue weighted by Crippen LogP contribution is -2.03. The van der Waals surface area contributed by atoms with Gasteiger partial charge in [-0.3, -0.25) is 0 Å². The summed E-state index contributed by atoms with van der Waals surface area (Å²) in [5, 5.41) is 0. The molecular formula is C9H13FN2. The second kappa shape index (κ2) is 3.52. The van der Waals surface area contributed by atoms with E-state index in [4.69, 9.17) is 5.73 Å². The predicted octanol–water partition coefficient (Wildman–Crippen LogP) is 1.87. The fraction of sp³-hybridized carbons (Fsp3) is 0.444. The van der Waals surface area contributed by atoms with E-state index in [1.54, 1.807) is 6.07 Å². The summed E-state index contributed by atoms with van der Waals surface area (Å²) >= 11 is 0. The lowest BCUT2D eigenvalue weighted by molar-refractivity contribution is 0.358. The second-order valence-electron chi connectivity index (χ2n) is 3.05. The third-order valence-electron chi connectivity index (χ3n) is 1.53. The normalized spacial score (nSPS) is 12.9. The van der Waals surface area contributed by atoms with Crippen LogP contribution in [0.15, 0.2) is 12.1 Å². The van der Waals surface area contributed by atoms with Gasteiger partial charge in [0.2, 0.25) is 0 Å². The van der Waals surface area contributed by atoms with Gasteiger partial charge in [0.05, 0.1) is 0 Å². The number of pyridine rings is 1. The predicted molar refractivity (Wildman–Crippen MR) is 47.7 cm³/mol. The minimum absolute atomic E-state index is 0.339. The highest BCUT2D eigenvalue weighted by Crippen LogP contribution is 2.09. The van der Waals surface area contributed by atoms with Crippen molar-refractivity contribution in [3.8, 4) is 0 Å². The highest BCUT2D eigenvalue weighted by atomic mass is 18.2. The smallest absolute Gasteiger partial charge is 0.123 e. The lowest BCUT2D eigenvalue weighted by Gasteiger charge is -2.03. The van der Waals surface area contributed by atoms with Crippen LogP contribution < -0.4 is 5.73 Å². The van der Waals surface area contributed by atoms with Crippen molar-refractivity contribution in [1.29, 1.82) is 0 Å². The molecule has 12 heavy (non-hydrogen) atoms. The van der Waals surface area contributed by atoms with Gasteiger partial charge in [-0.2, -0.15) is 0 Å². The number of nitrogen functional groups attached to an aromatic ring is 1. The number of alkyl halides is 1. The van der Waals surface area contributed by atoms with Crippen molar-refractivity contribution in [3.05, 3.63) is 23.4 Å². The Kier molecular flexibility index (Phi) is 2.63. The topological polar surface area (TPSA) is 38.9 Å². The maximum absolute atomic E-state index is 12.6. The van der Waals surface area contributed by atoms with E-state index in [9.17, 15) is 4.39 Å². The summed E-state index contributed by atoms with van der Waals surface area (Å²) in [7, 11) is 0. The highest BCUT2D eigenvalue weighted by Gasteiger charge is 2.03. The van der Waals surface area contributed by atoms with Gasteiger partial charge in [0, 0.05) is 12.1 Å². The Bertz CT molecular complexity index is 251. The Morgan fingerprint density at radius 3 is 2.75 bits per heavy atom. The fourth-order valence-corrected chi connectivity index (χ4v) is 1.16. The number of hydrogen-bond acceptors (Lipinski definition) is 2. The molecule has 1 unspecified atom stereocenters. The van der Waals surface area contributed by atoms with Gasteiger partial charge in [0.15, 0.2) is 0 Å². The molecule has 0 saturated heterocycles. The molecule has 0 aliphatic heterocycles. The van der Waals surface area contributed by atoms with E-state index in [1.807, 2.05) is 13.0 Å². The van der Waals surface area contributed by atoms with E-state index in [2.05, 4.69) is 4.98 Å². The van der Waals surface area contributed by atoms with Crippen LogP contribution >= 0.6 is 0 Å². The van der Waals surface area contributed by atoms with Gasteiger partial charge < -0.3 is 5.73 Å². The molecule has 0 aliphatic rings. The summed E-state index contributed by atoms with van der Waals surface area (Å²) in [4.78, 5) is 4.01. The molecule has 0 spiro atoms. The van der Waals surface area contributed by atoms with E-state index < -0.39 is 6.17 Å². The quantitative estimate of drug-likeness (QED) is 0.730. The number of anilines is 1. The van der Waals surface area contributed by atoms with Crippen LogP contribution in [0.4, 0.5) is 10.2 Å². The van der Waals surface area contributed by atoms with Crippen molar-refractivity contribution in [2.24, 2.45) is 0 Å². The molecule has 1 rings (SSSR count). The molecule has 2 N–H and O–H groups in total. The van der Waals surface area contributed by atoms with Crippen molar-refractivity contribution in [3.63, 3.8) is 0 Å².